The number of aryl methyl sites for hydroxylation is 1. The predicted octanol–water partition coefficient (Wildman–Crippen LogP) is 4.67. The van der Waals surface area contributed by atoms with E-state index in [2.05, 4.69) is 6.58 Å². The van der Waals surface area contributed by atoms with E-state index in [1.54, 1.807) is 19.1 Å². The minimum atomic E-state index is -0.621. The maximum absolute atomic E-state index is 12.8. The first-order valence-electron chi connectivity index (χ1n) is 12.1. The van der Waals surface area contributed by atoms with Crippen LogP contribution in [0.15, 0.2) is 48.1 Å². The molecule has 5 atom stereocenters. The standard InChI is InChI=1S/C28H34O7/c1-16-6-8-21(9-7-16)24(30)12-13-27(31)34-26(15-18(3)33-20(5)29)22-10-11-23-19(4)28(32)35-25(23)14-17(22)2/h6-10,17-18,23,25-26H,4,11-15H2,1-3,5H3/t17-,18-,23-,25-,26-/m0/s1. The topological polar surface area (TPSA) is 96.0 Å². The minimum absolute atomic E-state index is 0.0276. The molecule has 0 spiro atoms. The van der Waals surface area contributed by atoms with E-state index in [4.69, 9.17) is 14.2 Å². The molecular formula is C28H34O7. The van der Waals surface area contributed by atoms with Gasteiger partial charge in [0.05, 0.1) is 6.42 Å². The molecule has 1 heterocycles. The van der Waals surface area contributed by atoms with Crippen LogP contribution < -0.4 is 0 Å². The van der Waals surface area contributed by atoms with Gasteiger partial charge < -0.3 is 14.2 Å². The number of benzene rings is 1. The number of fused-ring (bicyclic) bond motifs is 1. The third kappa shape index (κ3) is 6.90. The van der Waals surface area contributed by atoms with Gasteiger partial charge in [-0.25, -0.2) is 4.79 Å². The van der Waals surface area contributed by atoms with Gasteiger partial charge in [-0.05, 0) is 38.2 Å². The number of carbonyl (C=O) groups excluding carboxylic acids is 4. The molecule has 0 saturated carbocycles. The van der Waals surface area contributed by atoms with Crippen LogP contribution >= 0.6 is 0 Å². The number of esters is 3. The van der Waals surface area contributed by atoms with Crippen molar-refractivity contribution in [1.29, 1.82) is 0 Å². The summed E-state index contributed by atoms with van der Waals surface area (Å²) in [7, 11) is 0. The summed E-state index contributed by atoms with van der Waals surface area (Å²) in [5.74, 6) is -1.50. The summed E-state index contributed by atoms with van der Waals surface area (Å²) in [4.78, 5) is 48.6. The molecule has 1 aliphatic carbocycles. The number of rotatable bonds is 9. The smallest absolute Gasteiger partial charge is 0.334 e. The molecule has 0 aromatic heterocycles. The molecule has 3 rings (SSSR count). The maximum atomic E-state index is 12.8. The van der Waals surface area contributed by atoms with E-state index < -0.39 is 24.1 Å². The van der Waals surface area contributed by atoms with Crippen LogP contribution in [-0.2, 0) is 28.6 Å². The van der Waals surface area contributed by atoms with Crippen molar-refractivity contribution < 1.29 is 33.4 Å². The maximum Gasteiger partial charge on any atom is 0.334 e. The number of ether oxygens (including phenoxy) is 3. The fraction of sp³-hybridized carbons (Fsp3) is 0.500. The summed E-state index contributed by atoms with van der Waals surface area (Å²) in [5.41, 5.74) is 2.99. The lowest BCUT2D eigenvalue weighted by Crippen LogP contribution is -2.30. The van der Waals surface area contributed by atoms with Crippen molar-refractivity contribution in [3.8, 4) is 0 Å². The Bertz CT molecular complexity index is 1020. The summed E-state index contributed by atoms with van der Waals surface area (Å²) in [6.07, 6.45) is 2.08. The van der Waals surface area contributed by atoms with Gasteiger partial charge in [0.2, 0.25) is 0 Å². The second kappa shape index (κ2) is 11.5. The zero-order valence-electron chi connectivity index (χ0n) is 20.9. The number of ketones is 1. The molecule has 1 aromatic rings. The number of hydrogen-bond donors (Lipinski definition) is 0. The van der Waals surface area contributed by atoms with Crippen LogP contribution in [0.4, 0.5) is 0 Å². The summed E-state index contributed by atoms with van der Waals surface area (Å²) in [5, 5.41) is 0. The fourth-order valence-electron chi connectivity index (χ4n) is 4.78. The van der Waals surface area contributed by atoms with Crippen LogP contribution in [0.1, 0.15) is 68.8 Å². The van der Waals surface area contributed by atoms with Crippen LogP contribution in [-0.4, -0.2) is 42.0 Å². The summed E-state index contributed by atoms with van der Waals surface area (Å²) >= 11 is 0. The molecule has 188 valence electrons. The van der Waals surface area contributed by atoms with E-state index in [-0.39, 0.29) is 42.5 Å². The summed E-state index contributed by atoms with van der Waals surface area (Å²) in [6.45, 7) is 10.9. The molecular weight excluding hydrogens is 448 g/mol. The highest BCUT2D eigenvalue weighted by atomic mass is 16.6. The molecule has 0 unspecified atom stereocenters. The van der Waals surface area contributed by atoms with Gasteiger partial charge in [0.1, 0.15) is 18.3 Å². The lowest BCUT2D eigenvalue weighted by atomic mass is 9.88. The Morgan fingerprint density at radius 3 is 2.49 bits per heavy atom. The molecule has 2 aliphatic rings. The van der Waals surface area contributed by atoms with Crippen molar-refractivity contribution in [3.63, 3.8) is 0 Å². The van der Waals surface area contributed by atoms with Crippen LogP contribution in [0, 0.1) is 18.8 Å². The third-order valence-electron chi connectivity index (χ3n) is 6.67. The van der Waals surface area contributed by atoms with Crippen LogP contribution in [0.5, 0.6) is 0 Å². The molecule has 0 bridgehead atoms. The molecule has 35 heavy (non-hydrogen) atoms. The molecule has 1 aromatic carbocycles. The Morgan fingerprint density at radius 2 is 1.83 bits per heavy atom. The number of allylic oxidation sites excluding steroid dienone is 1. The molecule has 1 fully saturated rings. The van der Waals surface area contributed by atoms with Gasteiger partial charge in [-0.3, -0.25) is 14.4 Å². The third-order valence-corrected chi connectivity index (χ3v) is 6.67. The zero-order chi connectivity index (χ0) is 25.7. The zero-order valence-corrected chi connectivity index (χ0v) is 20.9. The average molecular weight is 483 g/mol. The Kier molecular flexibility index (Phi) is 8.65. The molecule has 0 radical (unpaired) electrons. The van der Waals surface area contributed by atoms with Gasteiger partial charge in [-0.15, -0.1) is 0 Å². The van der Waals surface area contributed by atoms with Gasteiger partial charge in [-0.2, -0.15) is 0 Å². The second-order valence-electron chi connectivity index (χ2n) is 9.58. The number of Topliss-reactive ketones (excluding diaryl/α,β-unsaturated/α-hetero) is 1. The first-order chi connectivity index (χ1) is 16.5. The van der Waals surface area contributed by atoms with Gasteiger partial charge in [0.15, 0.2) is 5.78 Å². The summed E-state index contributed by atoms with van der Waals surface area (Å²) < 4.78 is 16.7. The van der Waals surface area contributed by atoms with Crippen LogP contribution in [0.3, 0.4) is 0 Å². The number of carbonyl (C=O) groups is 4. The van der Waals surface area contributed by atoms with E-state index in [0.717, 1.165) is 11.1 Å². The van der Waals surface area contributed by atoms with Crippen molar-refractivity contribution in [3.05, 3.63) is 59.2 Å². The van der Waals surface area contributed by atoms with Crippen molar-refractivity contribution in [1.82, 2.24) is 0 Å². The van der Waals surface area contributed by atoms with Crippen molar-refractivity contribution in [2.24, 2.45) is 11.8 Å². The molecule has 0 N–H and O–H groups in total. The highest BCUT2D eigenvalue weighted by Gasteiger charge is 2.42. The van der Waals surface area contributed by atoms with Crippen molar-refractivity contribution in [2.75, 3.05) is 0 Å². The Labute approximate surface area is 206 Å². The Hall–Kier alpha value is -3.22. The van der Waals surface area contributed by atoms with Crippen molar-refractivity contribution >= 4 is 23.7 Å². The van der Waals surface area contributed by atoms with Gasteiger partial charge in [0.25, 0.3) is 0 Å². The van der Waals surface area contributed by atoms with Gasteiger partial charge in [-0.1, -0.05) is 49.4 Å². The monoisotopic (exact) mass is 482 g/mol. The second-order valence-corrected chi connectivity index (χ2v) is 9.58. The lowest BCUT2D eigenvalue weighted by Gasteiger charge is -2.27. The van der Waals surface area contributed by atoms with E-state index in [1.807, 2.05) is 32.1 Å². The first-order valence-corrected chi connectivity index (χ1v) is 12.1. The Balaban J connectivity index is 1.70. The van der Waals surface area contributed by atoms with Crippen LogP contribution in [0.25, 0.3) is 0 Å². The van der Waals surface area contributed by atoms with E-state index in [1.165, 1.54) is 6.92 Å². The molecule has 7 nitrogen and oxygen atoms in total. The normalized spacial score (nSPS) is 23.3. The molecule has 1 aliphatic heterocycles. The predicted molar refractivity (Wildman–Crippen MR) is 129 cm³/mol. The van der Waals surface area contributed by atoms with Crippen LogP contribution in [0.2, 0.25) is 0 Å². The minimum Gasteiger partial charge on any atom is -0.463 e. The lowest BCUT2D eigenvalue weighted by molar-refractivity contribution is -0.152. The van der Waals surface area contributed by atoms with Crippen molar-refractivity contribution in [2.45, 2.75) is 78.1 Å². The first kappa shape index (κ1) is 26.4. The fourth-order valence-corrected chi connectivity index (χ4v) is 4.78. The highest BCUT2D eigenvalue weighted by Crippen LogP contribution is 2.40. The van der Waals surface area contributed by atoms with E-state index in [9.17, 15) is 19.2 Å². The molecule has 7 heteroatoms. The van der Waals surface area contributed by atoms with Gasteiger partial charge in [0, 0.05) is 36.8 Å². The number of hydrogen-bond acceptors (Lipinski definition) is 7. The van der Waals surface area contributed by atoms with E-state index in [0.29, 0.717) is 30.4 Å². The molecule has 0 amide bonds. The van der Waals surface area contributed by atoms with E-state index >= 15 is 0 Å². The molecule has 1 saturated heterocycles. The highest BCUT2D eigenvalue weighted by molar-refractivity contribution is 5.97. The average Bonchev–Trinajstić information content (AvgIpc) is 2.94. The SMILES string of the molecule is C=C1C(=O)O[C@H]2C[C@H](C)C([C@H](C[C@H](C)OC(C)=O)OC(=O)CCC(=O)c3ccc(C)cc3)=CC[C@@H]12. The Morgan fingerprint density at radius 1 is 1.14 bits per heavy atom. The summed E-state index contributed by atoms with van der Waals surface area (Å²) in [6, 6.07) is 7.22. The quantitative estimate of drug-likeness (QED) is 0.166. The largest absolute Gasteiger partial charge is 0.463 e. The van der Waals surface area contributed by atoms with Gasteiger partial charge >= 0.3 is 17.9 Å².